The Kier molecular flexibility index (Phi) is 4.42. The molecule has 0 atom stereocenters. The van der Waals surface area contributed by atoms with Crippen LogP contribution in [0.3, 0.4) is 0 Å². The smallest absolute Gasteiger partial charge is 0.0120 e. The fourth-order valence-electron chi connectivity index (χ4n) is 2.84. The van der Waals surface area contributed by atoms with Crippen LogP contribution in [0.4, 0.5) is 0 Å². The van der Waals surface area contributed by atoms with E-state index in [1.165, 1.54) is 65.1 Å². The lowest BCUT2D eigenvalue weighted by atomic mass is 10.0. The van der Waals surface area contributed by atoms with Crippen molar-refractivity contribution in [3.8, 4) is 0 Å². The third kappa shape index (κ3) is 3.16. The molecule has 2 heterocycles. The number of piperazine rings is 1. The quantitative estimate of drug-likeness (QED) is 0.744. The highest BCUT2D eigenvalue weighted by Crippen LogP contribution is 2.14. The second kappa shape index (κ2) is 5.83. The summed E-state index contributed by atoms with van der Waals surface area (Å²) >= 11 is 0. The largest absolute Gasteiger partial charge is 0.317 e. The molecule has 2 rings (SSSR count). The normalized spacial score (nSPS) is 27.0. The van der Waals surface area contributed by atoms with Crippen LogP contribution in [-0.4, -0.2) is 61.7 Å². The van der Waals surface area contributed by atoms with Gasteiger partial charge >= 0.3 is 0 Å². The lowest BCUT2D eigenvalue weighted by molar-refractivity contribution is 0.0821. The zero-order valence-electron chi connectivity index (χ0n) is 10.0. The molecule has 2 saturated heterocycles. The van der Waals surface area contributed by atoms with Crippen LogP contribution in [0.25, 0.3) is 0 Å². The standard InChI is InChI=1S/C12H25N3/c1-2-7-14-8-10-15(11-9-14)12-3-5-13-6-4-12/h12-13H,2-11H2,1H3. The van der Waals surface area contributed by atoms with Crippen LogP contribution in [-0.2, 0) is 0 Å². The predicted molar refractivity (Wildman–Crippen MR) is 64.2 cm³/mol. The van der Waals surface area contributed by atoms with Crippen LogP contribution in [0.1, 0.15) is 26.2 Å². The summed E-state index contributed by atoms with van der Waals surface area (Å²) in [6.45, 7) is 11.2. The highest BCUT2D eigenvalue weighted by atomic mass is 15.3. The van der Waals surface area contributed by atoms with Gasteiger partial charge in [-0.2, -0.15) is 0 Å². The Morgan fingerprint density at radius 3 is 2.33 bits per heavy atom. The van der Waals surface area contributed by atoms with Gasteiger partial charge in [0.15, 0.2) is 0 Å². The van der Waals surface area contributed by atoms with Crippen molar-refractivity contribution in [1.29, 1.82) is 0 Å². The Morgan fingerprint density at radius 2 is 1.73 bits per heavy atom. The van der Waals surface area contributed by atoms with Gasteiger partial charge in [-0.25, -0.2) is 0 Å². The van der Waals surface area contributed by atoms with Crippen molar-refractivity contribution in [2.24, 2.45) is 0 Å². The van der Waals surface area contributed by atoms with Crippen LogP contribution < -0.4 is 5.32 Å². The van der Waals surface area contributed by atoms with Gasteiger partial charge in [0.1, 0.15) is 0 Å². The molecule has 0 aromatic carbocycles. The molecule has 2 aliphatic rings. The van der Waals surface area contributed by atoms with Crippen molar-refractivity contribution in [3.05, 3.63) is 0 Å². The number of hydrogen-bond acceptors (Lipinski definition) is 3. The van der Waals surface area contributed by atoms with Crippen molar-refractivity contribution in [2.75, 3.05) is 45.8 Å². The summed E-state index contributed by atoms with van der Waals surface area (Å²) in [6, 6.07) is 0.870. The third-order valence-corrected chi connectivity index (χ3v) is 3.77. The molecular formula is C12H25N3. The van der Waals surface area contributed by atoms with Gasteiger partial charge in [0.25, 0.3) is 0 Å². The topological polar surface area (TPSA) is 18.5 Å². The molecule has 0 saturated carbocycles. The van der Waals surface area contributed by atoms with Crippen LogP contribution in [0, 0.1) is 0 Å². The van der Waals surface area contributed by atoms with E-state index < -0.39 is 0 Å². The van der Waals surface area contributed by atoms with Crippen molar-refractivity contribution in [2.45, 2.75) is 32.2 Å². The van der Waals surface area contributed by atoms with E-state index in [1.807, 2.05) is 0 Å². The predicted octanol–water partition coefficient (Wildman–Crippen LogP) is 0.766. The van der Waals surface area contributed by atoms with Crippen LogP contribution in [0.2, 0.25) is 0 Å². The van der Waals surface area contributed by atoms with Gasteiger partial charge in [0, 0.05) is 32.2 Å². The van der Waals surface area contributed by atoms with Crippen LogP contribution >= 0.6 is 0 Å². The second-order valence-corrected chi connectivity index (χ2v) is 4.86. The summed E-state index contributed by atoms with van der Waals surface area (Å²) in [7, 11) is 0. The van der Waals surface area contributed by atoms with Gasteiger partial charge in [0.05, 0.1) is 0 Å². The Balaban J connectivity index is 1.72. The lowest BCUT2D eigenvalue weighted by Crippen LogP contribution is -2.52. The number of rotatable bonds is 3. The molecule has 0 aliphatic carbocycles. The molecule has 1 N–H and O–H groups in total. The van der Waals surface area contributed by atoms with E-state index in [0.29, 0.717) is 0 Å². The van der Waals surface area contributed by atoms with Gasteiger partial charge in [0.2, 0.25) is 0 Å². The van der Waals surface area contributed by atoms with Crippen molar-refractivity contribution in [1.82, 2.24) is 15.1 Å². The van der Waals surface area contributed by atoms with Crippen LogP contribution in [0.5, 0.6) is 0 Å². The molecule has 3 heteroatoms. The van der Waals surface area contributed by atoms with E-state index in [1.54, 1.807) is 0 Å². The first-order valence-corrected chi connectivity index (χ1v) is 6.57. The second-order valence-electron chi connectivity index (χ2n) is 4.86. The zero-order valence-corrected chi connectivity index (χ0v) is 10.0. The minimum Gasteiger partial charge on any atom is -0.317 e. The minimum absolute atomic E-state index is 0.870. The maximum absolute atomic E-state index is 3.45. The fourth-order valence-corrected chi connectivity index (χ4v) is 2.84. The molecule has 0 radical (unpaired) electrons. The zero-order chi connectivity index (χ0) is 10.5. The molecule has 0 bridgehead atoms. The van der Waals surface area contributed by atoms with E-state index in [0.717, 1.165) is 6.04 Å². The number of nitrogens with zero attached hydrogens (tertiary/aromatic N) is 2. The summed E-state index contributed by atoms with van der Waals surface area (Å²) in [4.78, 5) is 5.32. The molecule has 0 aromatic rings. The molecule has 88 valence electrons. The molecule has 3 nitrogen and oxygen atoms in total. The summed E-state index contributed by atoms with van der Waals surface area (Å²) in [5.74, 6) is 0. The molecule has 15 heavy (non-hydrogen) atoms. The Bertz CT molecular complexity index is 170. The third-order valence-electron chi connectivity index (χ3n) is 3.77. The summed E-state index contributed by atoms with van der Waals surface area (Å²) in [6.07, 6.45) is 4.01. The number of hydrogen-bond donors (Lipinski definition) is 1. The van der Waals surface area contributed by atoms with E-state index in [-0.39, 0.29) is 0 Å². The van der Waals surface area contributed by atoms with Gasteiger partial charge in [-0.3, -0.25) is 4.90 Å². The molecule has 0 aromatic heterocycles. The maximum Gasteiger partial charge on any atom is 0.0120 e. The van der Waals surface area contributed by atoms with E-state index in [2.05, 4.69) is 22.0 Å². The Labute approximate surface area is 93.8 Å². The SMILES string of the molecule is CCCN1CCN(C2CCNCC2)CC1. The van der Waals surface area contributed by atoms with Gasteiger partial charge in [-0.1, -0.05) is 6.92 Å². The average molecular weight is 211 g/mol. The molecule has 2 fully saturated rings. The average Bonchev–Trinajstić information content (AvgIpc) is 2.32. The molecule has 0 spiro atoms. The Morgan fingerprint density at radius 1 is 1.07 bits per heavy atom. The summed E-state index contributed by atoms with van der Waals surface area (Å²) in [5, 5.41) is 3.45. The molecule has 0 amide bonds. The van der Waals surface area contributed by atoms with Gasteiger partial charge < -0.3 is 10.2 Å². The first-order chi connectivity index (χ1) is 7.40. The van der Waals surface area contributed by atoms with Crippen molar-refractivity contribution in [3.63, 3.8) is 0 Å². The highest BCUT2D eigenvalue weighted by molar-refractivity contribution is 4.81. The first kappa shape index (κ1) is 11.4. The number of piperidine rings is 1. The molecule has 0 unspecified atom stereocenters. The van der Waals surface area contributed by atoms with Crippen LogP contribution in [0.15, 0.2) is 0 Å². The fraction of sp³-hybridized carbons (Fsp3) is 1.00. The Hall–Kier alpha value is -0.120. The van der Waals surface area contributed by atoms with E-state index in [4.69, 9.17) is 0 Å². The number of nitrogens with one attached hydrogen (secondary N) is 1. The summed E-state index contributed by atoms with van der Waals surface area (Å²) < 4.78 is 0. The minimum atomic E-state index is 0.870. The lowest BCUT2D eigenvalue weighted by Gasteiger charge is -2.40. The van der Waals surface area contributed by atoms with E-state index in [9.17, 15) is 0 Å². The van der Waals surface area contributed by atoms with Crippen molar-refractivity contribution >= 4 is 0 Å². The monoisotopic (exact) mass is 211 g/mol. The van der Waals surface area contributed by atoms with Crippen molar-refractivity contribution < 1.29 is 0 Å². The molecule has 2 aliphatic heterocycles. The van der Waals surface area contributed by atoms with Gasteiger partial charge in [-0.15, -0.1) is 0 Å². The first-order valence-electron chi connectivity index (χ1n) is 6.57. The molecular weight excluding hydrogens is 186 g/mol. The van der Waals surface area contributed by atoms with E-state index >= 15 is 0 Å². The maximum atomic E-state index is 3.45. The highest BCUT2D eigenvalue weighted by Gasteiger charge is 2.24. The summed E-state index contributed by atoms with van der Waals surface area (Å²) in [5.41, 5.74) is 0. The van der Waals surface area contributed by atoms with Gasteiger partial charge in [-0.05, 0) is 38.9 Å².